The standard InChI is InChI=1S/C9H19O4P/c1-4-7-12-14(11,9(10)6-3)13-8-5-2/h6,9-10H,3-5,7-8H2,1-2H3. The summed E-state index contributed by atoms with van der Waals surface area (Å²) in [5, 5.41) is 9.40. The van der Waals surface area contributed by atoms with Crippen molar-refractivity contribution in [2.24, 2.45) is 0 Å². The van der Waals surface area contributed by atoms with Gasteiger partial charge in [0, 0.05) is 0 Å². The van der Waals surface area contributed by atoms with Crippen molar-refractivity contribution in [3.8, 4) is 0 Å². The highest BCUT2D eigenvalue weighted by Gasteiger charge is 2.31. The third-order valence-corrected chi connectivity index (χ3v) is 3.43. The van der Waals surface area contributed by atoms with Crippen molar-refractivity contribution < 1.29 is 18.7 Å². The second-order valence-electron chi connectivity index (χ2n) is 2.86. The van der Waals surface area contributed by atoms with Gasteiger partial charge in [-0.2, -0.15) is 0 Å². The van der Waals surface area contributed by atoms with Gasteiger partial charge in [-0.05, 0) is 12.8 Å². The zero-order chi connectivity index (χ0) is 11.0. The van der Waals surface area contributed by atoms with Gasteiger partial charge in [0.25, 0.3) is 0 Å². The van der Waals surface area contributed by atoms with Crippen molar-refractivity contribution in [1.82, 2.24) is 0 Å². The van der Waals surface area contributed by atoms with Crippen LogP contribution < -0.4 is 0 Å². The van der Waals surface area contributed by atoms with Crippen LogP contribution in [0.15, 0.2) is 12.7 Å². The molecule has 0 heterocycles. The first-order valence-corrected chi connectivity index (χ1v) is 6.41. The highest BCUT2D eigenvalue weighted by atomic mass is 31.2. The monoisotopic (exact) mass is 222 g/mol. The van der Waals surface area contributed by atoms with Crippen molar-refractivity contribution in [2.75, 3.05) is 13.2 Å². The molecule has 0 aromatic heterocycles. The van der Waals surface area contributed by atoms with E-state index >= 15 is 0 Å². The van der Waals surface area contributed by atoms with Gasteiger partial charge in [-0.3, -0.25) is 4.57 Å². The van der Waals surface area contributed by atoms with Gasteiger partial charge in [-0.15, -0.1) is 0 Å². The van der Waals surface area contributed by atoms with Crippen LogP contribution in [0.2, 0.25) is 0 Å². The largest absolute Gasteiger partial charge is 0.377 e. The van der Waals surface area contributed by atoms with E-state index < -0.39 is 13.4 Å². The molecule has 0 saturated heterocycles. The second-order valence-corrected chi connectivity index (χ2v) is 4.98. The van der Waals surface area contributed by atoms with Crippen molar-refractivity contribution in [3.63, 3.8) is 0 Å². The number of rotatable bonds is 8. The van der Waals surface area contributed by atoms with E-state index in [0.717, 1.165) is 12.8 Å². The average Bonchev–Trinajstić information content (AvgIpc) is 2.22. The molecule has 14 heavy (non-hydrogen) atoms. The minimum absolute atomic E-state index is 0.311. The lowest BCUT2D eigenvalue weighted by molar-refractivity contribution is 0.159. The molecule has 5 heteroatoms. The summed E-state index contributed by atoms with van der Waals surface area (Å²) in [5.74, 6) is -1.24. The molecule has 84 valence electrons. The Morgan fingerprint density at radius 1 is 1.36 bits per heavy atom. The SMILES string of the molecule is C=CC(O)P(=O)(OCCC)OCCC. The zero-order valence-corrected chi connectivity index (χ0v) is 9.70. The van der Waals surface area contributed by atoms with E-state index in [1.165, 1.54) is 6.08 Å². The van der Waals surface area contributed by atoms with E-state index in [1.807, 2.05) is 13.8 Å². The number of aliphatic hydroxyl groups is 1. The lowest BCUT2D eigenvalue weighted by atomic mass is 10.5. The van der Waals surface area contributed by atoms with Crippen molar-refractivity contribution in [2.45, 2.75) is 32.5 Å². The lowest BCUT2D eigenvalue weighted by Gasteiger charge is -2.20. The summed E-state index contributed by atoms with van der Waals surface area (Å²) in [6.45, 7) is 7.77. The molecule has 4 nitrogen and oxygen atoms in total. The van der Waals surface area contributed by atoms with Crippen LogP contribution in [0.4, 0.5) is 0 Å². The number of hydrogen-bond acceptors (Lipinski definition) is 4. The molecule has 0 bridgehead atoms. The molecule has 1 unspecified atom stereocenters. The fourth-order valence-electron chi connectivity index (χ4n) is 0.756. The van der Waals surface area contributed by atoms with Crippen LogP contribution in [-0.4, -0.2) is 24.2 Å². The van der Waals surface area contributed by atoms with Crippen LogP contribution in [0.1, 0.15) is 26.7 Å². The molecule has 0 aliphatic heterocycles. The molecule has 0 rings (SSSR count). The van der Waals surface area contributed by atoms with Crippen LogP contribution in [0.5, 0.6) is 0 Å². The van der Waals surface area contributed by atoms with Gasteiger partial charge < -0.3 is 14.2 Å². The van der Waals surface area contributed by atoms with E-state index in [2.05, 4.69) is 6.58 Å². The Bertz CT molecular complexity index is 193. The first kappa shape index (κ1) is 13.8. The van der Waals surface area contributed by atoms with Gasteiger partial charge in [0.1, 0.15) is 0 Å². The molecule has 0 aromatic carbocycles. The highest BCUT2D eigenvalue weighted by molar-refractivity contribution is 7.54. The molecule has 0 amide bonds. The molecule has 0 fully saturated rings. The van der Waals surface area contributed by atoms with Gasteiger partial charge in [-0.1, -0.05) is 26.5 Å². The quantitative estimate of drug-likeness (QED) is 0.506. The Kier molecular flexibility index (Phi) is 7.11. The highest BCUT2D eigenvalue weighted by Crippen LogP contribution is 2.52. The van der Waals surface area contributed by atoms with Crippen LogP contribution in [0.3, 0.4) is 0 Å². The van der Waals surface area contributed by atoms with E-state index in [9.17, 15) is 9.67 Å². The Morgan fingerprint density at radius 2 is 1.79 bits per heavy atom. The molecule has 0 saturated carbocycles. The summed E-state index contributed by atoms with van der Waals surface area (Å²) in [6, 6.07) is 0. The molecule has 1 atom stereocenters. The normalized spacial score (nSPS) is 13.9. The number of hydrogen-bond donors (Lipinski definition) is 1. The fourth-order valence-corrected chi connectivity index (χ4v) is 2.27. The van der Waals surface area contributed by atoms with Crippen molar-refractivity contribution in [1.29, 1.82) is 0 Å². The molecular weight excluding hydrogens is 203 g/mol. The van der Waals surface area contributed by atoms with Crippen LogP contribution >= 0.6 is 7.60 Å². The van der Waals surface area contributed by atoms with Gasteiger partial charge in [0.2, 0.25) is 0 Å². The zero-order valence-electron chi connectivity index (χ0n) is 8.81. The summed E-state index contributed by atoms with van der Waals surface area (Å²) in [6.07, 6.45) is 2.62. The van der Waals surface area contributed by atoms with Gasteiger partial charge in [0.05, 0.1) is 13.2 Å². The van der Waals surface area contributed by atoms with Crippen LogP contribution in [0.25, 0.3) is 0 Å². The minimum atomic E-state index is -3.41. The first-order valence-electron chi connectivity index (χ1n) is 4.80. The predicted molar refractivity (Wildman–Crippen MR) is 56.3 cm³/mol. The van der Waals surface area contributed by atoms with Crippen LogP contribution in [-0.2, 0) is 13.6 Å². The molecule has 0 aliphatic rings. The van der Waals surface area contributed by atoms with E-state index in [4.69, 9.17) is 9.05 Å². The maximum absolute atomic E-state index is 11.9. The Labute approximate surface area is 85.5 Å². The van der Waals surface area contributed by atoms with Gasteiger partial charge in [0.15, 0.2) is 5.85 Å². The van der Waals surface area contributed by atoms with E-state index in [-0.39, 0.29) is 0 Å². The fraction of sp³-hybridized carbons (Fsp3) is 0.778. The third-order valence-electron chi connectivity index (χ3n) is 1.49. The van der Waals surface area contributed by atoms with E-state index in [0.29, 0.717) is 13.2 Å². The van der Waals surface area contributed by atoms with Gasteiger partial charge >= 0.3 is 7.60 Å². The smallest absolute Gasteiger partial charge is 0.362 e. The first-order chi connectivity index (χ1) is 6.60. The Hall–Kier alpha value is -0.150. The van der Waals surface area contributed by atoms with Crippen LogP contribution in [0, 0.1) is 0 Å². The number of aliphatic hydroxyl groups excluding tert-OH is 1. The van der Waals surface area contributed by atoms with Crippen molar-refractivity contribution in [3.05, 3.63) is 12.7 Å². The second kappa shape index (κ2) is 7.18. The van der Waals surface area contributed by atoms with Gasteiger partial charge in [-0.25, -0.2) is 0 Å². The molecule has 0 spiro atoms. The molecule has 0 aliphatic carbocycles. The summed E-state index contributed by atoms with van der Waals surface area (Å²) in [5.41, 5.74) is 0. The molecular formula is C9H19O4P. The summed E-state index contributed by atoms with van der Waals surface area (Å²) >= 11 is 0. The van der Waals surface area contributed by atoms with Crippen molar-refractivity contribution >= 4 is 7.60 Å². The Morgan fingerprint density at radius 3 is 2.07 bits per heavy atom. The summed E-state index contributed by atoms with van der Waals surface area (Å²) in [7, 11) is -3.41. The minimum Gasteiger partial charge on any atom is -0.377 e. The summed E-state index contributed by atoms with van der Waals surface area (Å²) < 4.78 is 22.0. The molecule has 1 N–H and O–H groups in total. The maximum Gasteiger partial charge on any atom is 0.362 e. The predicted octanol–water partition coefficient (Wildman–Crippen LogP) is 2.54. The Balaban J connectivity index is 4.32. The third kappa shape index (κ3) is 4.38. The molecule has 0 aromatic rings. The topological polar surface area (TPSA) is 55.8 Å². The maximum atomic E-state index is 11.9. The average molecular weight is 222 g/mol. The van der Waals surface area contributed by atoms with E-state index in [1.54, 1.807) is 0 Å². The lowest BCUT2D eigenvalue weighted by Crippen LogP contribution is -2.10. The molecule has 0 radical (unpaired) electrons. The summed E-state index contributed by atoms with van der Waals surface area (Å²) in [4.78, 5) is 0.